The standard InChI is InChI=1S/C24H16N2S/c1-15-12-17-14-21(19-11-10-16-6-2-3-7-18(16)25-19)26-20-8-4-5-9-22(20)27-23(13-15)24(17)26/h2-14H,1H3. The number of aromatic nitrogens is 2. The SMILES string of the molecule is Cc1cc2c3c(c1)cc(-c1ccc4ccccc4n1)n3-c1ccccc1S2. The lowest BCUT2D eigenvalue weighted by atomic mass is 10.1. The fraction of sp³-hybridized carbons (Fsp3) is 0.0417. The van der Waals surface area contributed by atoms with Crippen LogP contribution in [0.5, 0.6) is 0 Å². The minimum Gasteiger partial charge on any atom is -0.305 e. The molecule has 3 aromatic carbocycles. The van der Waals surface area contributed by atoms with Gasteiger partial charge in [-0.1, -0.05) is 48.2 Å². The summed E-state index contributed by atoms with van der Waals surface area (Å²) in [5, 5.41) is 2.44. The molecule has 0 atom stereocenters. The highest BCUT2D eigenvalue weighted by Gasteiger charge is 2.23. The Morgan fingerprint density at radius 2 is 1.63 bits per heavy atom. The van der Waals surface area contributed by atoms with Gasteiger partial charge in [0.05, 0.1) is 28.1 Å². The Bertz CT molecular complexity index is 1360. The van der Waals surface area contributed by atoms with E-state index in [4.69, 9.17) is 4.98 Å². The summed E-state index contributed by atoms with van der Waals surface area (Å²) >= 11 is 1.86. The molecule has 128 valence electrons. The number of pyridine rings is 1. The minimum absolute atomic E-state index is 1.01. The Morgan fingerprint density at radius 1 is 0.778 bits per heavy atom. The van der Waals surface area contributed by atoms with Crippen molar-refractivity contribution in [2.24, 2.45) is 0 Å². The molecule has 27 heavy (non-hydrogen) atoms. The summed E-state index contributed by atoms with van der Waals surface area (Å²) in [6.45, 7) is 2.17. The first-order valence-corrected chi connectivity index (χ1v) is 9.89. The average Bonchev–Trinajstić information content (AvgIpc) is 3.08. The van der Waals surface area contributed by atoms with Gasteiger partial charge < -0.3 is 4.57 Å². The second-order valence-electron chi connectivity index (χ2n) is 7.02. The fourth-order valence-corrected chi connectivity index (χ4v) is 5.22. The van der Waals surface area contributed by atoms with Crippen LogP contribution in [-0.2, 0) is 0 Å². The summed E-state index contributed by atoms with van der Waals surface area (Å²) < 4.78 is 2.38. The van der Waals surface area contributed by atoms with E-state index in [1.807, 2.05) is 17.8 Å². The number of hydrogen-bond donors (Lipinski definition) is 0. The van der Waals surface area contributed by atoms with Crippen molar-refractivity contribution in [1.82, 2.24) is 9.55 Å². The third-order valence-corrected chi connectivity index (χ3v) is 6.29. The van der Waals surface area contributed by atoms with E-state index >= 15 is 0 Å². The Morgan fingerprint density at radius 3 is 2.59 bits per heavy atom. The quantitative estimate of drug-likeness (QED) is 0.326. The molecule has 0 bridgehead atoms. The van der Waals surface area contributed by atoms with Crippen molar-refractivity contribution in [2.45, 2.75) is 16.7 Å². The van der Waals surface area contributed by atoms with E-state index in [2.05, 4.69) is 84.3 Å². The van der Waals surface area contributed by atoms with Crippen molar-refractivity contribution >= 4 is 33.6 Å². The molecule has 2 aromatic heterocycles. The van der Waals surface area contributed by atoms with E-state index in [-0.39, 0.29) is 0 Å². The zero-order valence-corrected chi connectivity index (χ0v) is 15.6. The summed E-state index contributed by atoms with van der Waals surface area (Å²) in [6.07, 6.45) is 0. The number of fused-ring (bicyclic) bond motifs is 3. The van der Waals surface area contributed by atoms with Crippen LogP contribution in [0, 0.1) is 6.92 Å². The maximum atomic E-state index is 4.97. The van der Waals surface area contributed by atoms with Gasteiger partial charge in [0, 0.05) is 20.6 Å². The third-order valence-electron chi connectivity index (χ3n) is 5.19. The van der Waals surface area contributed by atoms with Gasteiger partial charge in [0.25, 0.3) is 0 Å². The summed E-state index contributed by atoms with van der Waals surface area (Å²) in [4.78, 5) is 7.57. The molecular weight excluding hydrogens is 348 g/mol. The lowest BCUT2D eigenvalue weighted by molar-refractivity contribution is 1.05. The molecule has 0 spiro atoms. The van der Waals surface area contributed by atoms with Crippen LogP contribution in [0.3, 0.4) is 0 Å². The lowest BCUT2D eigenvalue weighted by Crippen LogP contribution is -2.04. The first-order valence-electron chi connectivity index (χ1n) is 9.07. The molecule has 0 fully saturated rings. The van der Waals surface area contributed by atoms with E-state index in [1.54, 1.807) is 0 Å². The van der Waals surface area contributed by atoms with Crippen LogP contribution < -0.4 is 0 Å². The zero-order chi connectivity index (χ0) is 18.0. The number of benzene rings is 3. The van der Waals surface area contributed by atoms with Crippen molar-refractivity contribution in [3.8, 4) is 17.1 Å². The number of aryl methyl sites for hydroxylation is 1. The molecule has 1 aliphatic rings. The number of hydrogen-bond acceptors (Lipinski definition) is 2. The summed E-state index contributed by atoms with van der Waals surface area (Å²) in [5.74, 6) is 0. The van der Waals surface area contributed by atoms with E-state index in [0.717, 1.165) is 16.9 Å². The van der Waals surface area contributed by atoms with Crippen molar-refractivity contribution in [3.05, 3.63) is 84.4 Å². The molecule has 6 rings (SSSR count). The topological polar surface area (TPSA) is 17.8 Å². The molecule has 3 heteroatoms. The normalized spacial score (nSPS) is 12.5. The highest BCUT2D eigenvalue weighted by atomic mass is 32.2. The monoisotopic (exact) mass is 364 g/mol. The molecule has 5 aromatic rings. The van der Waals surface area contributed by atoms with E-state index in [9.17, 15) is 0 Å². The lowest BCUT2D eigenvalue weighted by Gasteiger charge is -2.21. The minimum atomic E-state index is 1.01. The molecule has 0 unspecified atom stereocenters. The number of nitrogens with zero attached hydrogens (tertiary/aromatic N) is 2. The van der Waals surface area contributed by atoms with Gasteiger partial charge >= 0.3 is 0 Å². The van der Waals surface area contributed by atoms with Crippen LogP contribution in [0.4, 0.5) is 0 Å². The Hall–Kier alpha value is -3.04. The Balaban J connectivity index is 1.73. The Labute approximate surface area is 161 Å². The molecule has 0 aliphatic carbocycles. The zero-order valence-electron chi connectivity index (χ0n) is 14.8. The highest BCUT2D eigenvalue weighted by molar-refractivity contribution is 7.99. The molecule has 0 saturated heterocycles. The van der Waals surface area contributed by atoms with Gasteiger partial charge in [-0.05, 0) is 55.0 Å². The molecule has 3 heterocycles. The Kier molecular flexibility index (Phi) is 3.06. The second-order valence-corrected chi connectivity index (χ2v) is 8.11. The number of para-hydroxylation sites is 2. The van der Waals surface area contributed by atoms with Gasteiger partial charge in [0.2, 0.25) is 0 Å². The largest absolute Gasteiger partial charge is 0.305 e. The summed E-state index contributed by atoms with van der Waals surface area (Å²) in [7, 11) is 0. The smallest absolute Gasteiger partial charge is 0.0878 e. The van der Waals surface area contributed by atoms with Crippen molar-refractivity contribution in [3.63, 3.8) is 0 Å². The van der Waals surface area contributed by atoms with Gasteiger partial charge in [-0.2, -0.15) is 0 Å². The summed E-state index contributed by atoms with van der Waals surface area (Å²) in [5.41, 5.74) is 7.00. The van der Waals surface area contributed by atoms with Crippen LogP contribution in [0.1, 0.15) is 5.56 Å². The molecule has 0 radical (unpaired) electrons. The predicted octanol–water partition coefficient (Wildman–Crippen LogP) is 6.62. The highest BCUT2D eigenvalue weighted by Crippen LogP contribution is 2.46. The first kappa shape index (κ1) is 15.1. The molecule has 1 aliphatic heterocycles. The molecule has 0 amide bonds. The molecule has 2 nitrogen and oxygen atoms in total. The van der Waals surface area contributed by atoms with Crippen LogP contribution >= 0.6 is 11.8 Å². The van der Waals surface area contributed by atoms with Gasteiger partial charge in [-0.3, -0.25) is 0 Å². The van der Waals surface area contributed by atoms with Crippen LogP contribution in [-0.4, -0.2) is 9.55 Å². The maximum Gasteiger partial charge on any atom is 0.0878 e. The molecule has 0 saturated carbocycles. The van der Waals surface area contributed by atoms with Crippen LogP contribution in [0.25, 0.3) is 38.9 Å². The van der Waals surface area contributed by atoms with Gasteiger partial charge in [0.15, 0.2) is 0 Å². The van der Waals surface area contributed by atoms with Crippen molar-refractivity contribution in [2.75, 3.05) is 0 Å². The van der Waals surface area contributed by atoms with E-state index in [0.29, 0.717) is 0 Å². The summed E-state index contributed by atoms with van der Waals surface area (Å²) in [6, 6.07) is 28.1. The third kappa shape index (κ3) is 2.18. The van der Waals surface area contributed by atoms with Crippen molar-refractivity contribution in [1.29, 1.82) is 0 Å². The van der Waals surface area contributed by atoms with Crippen molar-refractivity contribution < 1.29 is 0 Å². The molecular formula is C24H16N2S. The average molecular weight is 364 g/mol. The van der Waals surface area contributed by atoms with Gasteiger partial charge in [-0.15, -0.1) is 0 Å². The van der Waals surface area contributed by atoms with Crippen LogP contribution in [0.15, 0.2) is 88.7 Å². The maximum absolute atomic E-state index is 4.97. The predicted molar refractivity (Wildman–Crippen MR) is 113 cm³/mol. The first-order chi connectivity index (χ1) is 13.3. The number of rotatable bonds is 1. The van der Waals surface area contributed by atoms with Gasteiger partial charge in [0.1, 0.15) is 0 Å². The van der Waals surface area contributed by atoms with E-state index in [1.165, 1.54) is 37.3 Å². The van der Waals surface area contributed by atoms with Gasteiger partial charge in [-0.25, -0.2) is 4.98 Å². The molecule has 0 N–H and O–H groups in total. The fourth-order valence-electron chi connectivity index (χ4n) is 4.03. The van der Waals surface area contributed by atoms with Crippen LogP contribution in [0.2, 0.25) is 0 Å². The second kappa shape index (κ2) is 5.48. The van der Waals surface area contributed by atoms with E-state index < -0.39 is 0 Å².